The van der Waals surface area contributed by atoms with Gasteiger partial charge in [0.1, 0.15) is 4.90 Å². The Hall–Kier alpha value is -1.21. The number of sulfonamides is 1. The molecule has 0 radical (unpaired) electrons. The average molecular weight is 406 g/mol. The molecule has 4 saturated carbocycles. The summed E-state index contributed by atoms with van der Waals surface area (Å²) in [6.45, 7) is 4.62. The minimum Gasteiger partial charge on any atom is -0.272 e. The maximum atomic E-state index is 13.7. The molecule has 0 unspecified atom stereocenters. The van der Waals surface area contributed by atoms with Crippen LogP contribution in [0.2, 0.25) is 0 Å². The van der Waals surface area contributed by atoms with E-state index in [4.69, 9.17) is 0 Å². The first-order valence-corrected chi connectivity index (χ1v) is 12.4. The van der Waals surface area contributed by atoms with Gasteiger partial charge in [-0.25, -0.2) is 13.1 Å². The molecule has 4 aliphatic carbocycles. The van der Waals surface area contributed by atoms with Crippen LogP contribution in [0.25, 0.3) is 0 Å². The van der Waals surface area contributed by atoms with E-state index in [1.165, 1.54) is 23.9 Å². The molecule has 0 amide bonds. The lowest BCUT2D eigenvalue weighted by atomic mass is 9.49. The first-order valence-electron chi connectivity index (χ1n) is 10.9. The fraction of sp³-hybridized carbons (Fsp3) is 0.810. The van der Waals surface area contributed by atoms with Gasteiger partial charge in [-0.1, -0.05) is 6.42 Å². The smallest absolute Gasteiger partial charge is 0.253 e. The second kappa shape index (κ2) is 6.39. The monoisotopic (exact) mass is 405 g/mol. The van der Waals surface area contributed by atoms with Crippen LogP contribution in [-0.2, 0) is 10.0 Å². The number of aryl methyl sites for hydroxylation is 1. The van der Waals surface area contributed by atoms with E-state index >= 15 is 0 Å². The molecular formula is C21H31N3O3S. The standard InChI is InChI=1S/C21H31N3O3S/c1-14-19(28(26,27)23-6-4-3-5-7-23)15(2)24(22-14)20(25)21-11-16-8-17(12-21)10-18(9-16)13-21/h16-18H,3-13H2,1-2H3. The zero-order valence-electron chi connectivity index (χ0n) is 17.0. The van der Waals surface area contributed by atoms with Crippen molar-refractivity contribution in [2.45, 2.75) is 76.5 Å². The molecule has 0 spiro atoms. The van der Waals surface area contributed by atoms with Gasteiger partial charge in [-0.3, -0.25) is 4.79 Å². The van der Waals surface area contributed by atoms with E-state index in [1.807, 2.05) is 0 Å². The maximum absolute atomic E-state index is 13.7. The van der Waals surface area contributed by atoms with E-state index in [-0.39, 0.29) is 16.2 Å². The van der Waals surface area contributed by atoms with Gasteiger partial charge in [-0.05, 0) is 83.0 Å². The van der Waals surface area contributed by atoms with Gasteiger partial charge in [0.25, 0.3) is 5.91 Å². The van der Waals surface area contributed by atoms with Crippen LogP contribution in [0.3, 0.4) is 0 Å². The Morgan fingerprint density at radius 1 is 0.964 bits per heavy atom. The molecule has 5 aliphatic rings. The van der Waals surface area contributed by atoms with E-state index < -0.39 is 10.0 Å². The van der Waals surface area contributed by atoms with Crippen LogP contribution >= 0.6 is 0 Å². The van der Waals surface area contributed by atoms with Gasteiger partial charge in [-0.2, -0.15) is 9.40 Å². The van der Waals surface area contributed by atoms with Crippen molar-refractivity contribution in [1.29, 1.82) is 0 Å². The lowest BCUT2D eigenvalue weighted by molar-refractivity contribution is -0.0410. The van der Waals surface area contributed by atoms with Crippen LogP contribution in [0.5, 0.6) is 0 Å². The van der Waals surface area contributed by atoms with Crippen molar-refractivity contribution in [3.63, 3.8) is 0 Å². The van der Waals surface area contributed by atoms with Gasteiger partial charge in [0.15, 0.2) is 0 Å². The highest BCUT2D eigenvalue weighted by Gasteiger charge is 2.55. The predicted molar refractivity (Wildman–Crippen MR) is 106 cm³/mol. The summed E-state index contributed by atoms with van der Waals surface area (Å²) in [7, 11) is -3.59. The number of hydrogen-bond donors (Lipinski definition) is 0. The predicted octanol–water partition coefficient (Wildman–Crippen LogP) is 3.53. The zero-order chi connectivity index (χ0) is 19.7. The van der Waals surface area contributed by atoms with E-state index in [9.17, 15) is 13.2 Å². The fourth-order valence-electron chi connectivity index (χ4n) is 7.03. The van der Waals surface area contributed by atoms with Crippen molar-refractivity contribution in [3.8, 4) is 0 Å². The highest BCUT2D eigenvalue weighted by atomic mass is 32.2. The van der Waals surface area contributed by atoms with Crippen molar-refractivity contribution in [1.82, 2.24) is 14.1 Å². The van der Waals surface area contributed by atoms with Crippen molar-refractivity contribution in [2.75, 3.05) is 13.1 Å². The molecule has 0 aromatic carbocycles. The number of carbonyl (C=O) groups is 1. The minimum absolute atomic E-state index is 0.0484. The highest BCUT2D eigenvalue weighted by molar-refractivity contribution is 7.89. The van der Waals surface area contributed by atoms with E-state index in [1.54, 1.807) is 18.2 Å². The molecule has 28 heavy (non-hydrogen) atoms. The van der Waals surface area contributed by atoms with E-state index in [0.29, 0.717) is 42.2 Å². The third-order valence-electron chi connectivity index (χ3n) is 7.82. The first kappa shape index (κ1) is 18.8. The molecule has 6 nitrogen and oxygen atoms in total. The molecule has 5 fully saturated rings. The fourth-order valence-corrected chi connectivity index (χ4v) is 8.90. The summed E-state index contributed by atoms with van der Waals surface area (Å²) in [6, 6.07) is 0. The highest BCUT2D eigenvalue weighted by Crippen LogP contribution is 2.60. The zero-order valence-corrected chi connectivity index (χ0v) is 17.8. The van der Waals surface area contributed by atoms with Crippen LogP contribution in [0.4, 0.5) is 0 Å². The van der Waals surface area contributed by atoms with Gasteiger partial charge in [-0.15, -0.1) is 0 Å². The molecule has 1 saturated heterocycles. The van der Waals surface area contributed by atoms with Gasteiger partial charge in [0, 0.05) is 13.1 Å². The summed E-state index contributed by atoms with van der Waals surface area (Å²) >= 11 is 0. The molecular weight excluding hydrogens is 374 g/mol. The maximum Gasteiger partial charge on any atom is 0.253 e. The van der Waals surface area contributed by atoms with E-state index in [2.05, 4.69) is 5.10 Å². The van der Waals surface area contributed by atoms with Gasteiger partial charge < -0.3 is 0 Å². The van der Waals surface area contributed by atoms with Gasteiger partial charge >= 0.3 is 0 Å². The third kappa shape index (κ3) is 2.72. The van der Waals surface area contributed by atoms with Gasteiger partial charge in [0.2, 0.25) is 10.0 Å². The van der Waals surface area contributed by atoms with Crippen LogP contribution in [0, 0.1) is 37.0 Å². The average Bonchev–Trinajstić information content (AvgIpc) is 2.95. The number of carbonyl (C=O) groups excluding carboxylic acids is 1. The third-order valence-corrected chi connectivity index (χ3v) is 9.97. The van der Waals surface area contributed by atoms with Gasteiger partial charge in [0.05, 0.1) is 16.8 Å². The lowest BCUT2D eigenvalue weighted by Crippen LogP contribution is -2.51. The Labute approximate surface area is 167 Å². The Morgan fingerprint density at radius 3 is 2.04 bits per heavy atom. The molecule has 6 rings (SSSR count). The summed E-state index contributed by atoms with van der Waals surface area (Å²) in [5.74, 6) is 2.06. The quantitative estimate of drug-likeness (QED) is 0.771. The first-order chi connectivity index (χ1) is 13.3. The van der Waals surface area contributed by atoms with Crippen LogP contribution in [0.15, 0.2) is 4.90 Å². The Morgan fingerprint density at radius 2 is 1.50 bits per heavy atom. The Bertz CT molecular complexity index is 876. The van der Waals surface area contributed by atoms with Crippen molar-refractivity contribution in [2.24, 2.45) is 23.2 Å². The lowest BCUT2D eigenvalue weighted by Gasteiger charge is -2.55. The molecule has 0 N–H and O–H groups in total. The molecule has 0 atom stereocenters. The second-order valence-corrected chi connectivity index (χ2v) is 11.8. The van der Waals surface area contributed by atoms with Crippen molar-refractivity contribution < 1.29 is 13.2 Å². The van der Waals surface area contributed by atoms with Crippen molar-refractivity contribution in [3.05, 3.63) is 11.4 Å². The summed E-state index contributed by atoms with van der Waals surface area (Å²) in [5.41, 5.74) is 0.648. The summed E-state index contributed by atoms with van der Waals surface area (Å²) in [4.78, 5) is 13.9. The summed E-state index contributed by atoms with van der Waals surface area (Å²) in [5, 5.41) is 4.49. The molecule has 154 valence electrons. The van der Waals surface area contributed by atoms with Crippen LogP contribution in [-0.4, -0.2) is 41.5 Å². The Balaban J connectivity index is 1.50. The molecule has 1 aromatic rings. The number of aromatic nitrogens is 2. The molecule has 7 heteroatoms. The van der Waals surface area contributed by atoms with Crippen LogP contribution < -0.4 is 0 Å². The topological polar surface area (TPSA) is 72.3 Å². The summed E-state index contributed by atoms with van der Waals surface area (Å²) in [6.07, 6.45) is 9.59. The normalized spacial score (nSPS) is 35.4. The largest absolute Gasteiger partial charge is 0.272 e. The molecule has 1 aromatic heterocycles. The van der Waals surface area contributed by atoms with Crippen molar-refractivity contribution >= 4 is 15.9 Å². The number of piperidine rings is 1. The number of hydrogen-bond acceptors (Lipinski definition) is 4. The molecule has 4 bridgehead atoms. The van der Waals surface area contributed by atoms with Crippen LogP contribution in [0.1, 0.15) is 74.0 Å². The molecule has 2 heterocycles. The second-order valence-electron chi connectivity index (χ2n) is 9.88. The number of rotatable bonds is 3. The minimum atomic E-state index is -3.59. The molecule has 1 aliphatic heterocycles. The van der Waals surface area contributed by atoms with E-state index in [0.717, 1.165) is 38.5 Å². The summed E-state index contributed by atoms with van der Waals surface area (Å²) < 4.78 is 29.6. The number of nitrogens with zero attached hydrogens (tertiary/aromatic N) is 3. The SMILES string of the molecule is Cc1nn(C(=O)C23CC4CC(CC(C4)C2)C3)c(C)c1S(=O)(=O)N1CCCCC1. The Kier molecular flexibility index (Phi) is 4.29.